The molecule has 7 heteroatoms. The second kappa shape index (κ2) is 17.7. The molecule has 1 aliphatic rings. The normalized spacial score (nSPS) is 15.7. The zero-order valence-corrected chi connectivity index (χ0v) is 31.1. The molecule has 1 atom stereocenters. The number of aromatic nitrogens is 1. The van der Waals surface area contributed by atoms with Crippen molar-refractivity contribution in [3.63, 3.8) is 0 Å². The molecule has 4 aromatic carbocycles. The summed E-state index contributed by atoms with van der Waals surface area (Å²) < 4.78 is 24.8. The lowest BCUT2D eigenvalue weighted by atomic mass is 9.68. The van der Waals surface area contributed by atoms with Crippen molar-refractivity contribution < 1.29 is 18.7 Å². The molecular formula is C46H52FN3O3. The number of nitrogens with zero attached hydrogens (tertiary/aromatic N) is 1. The molecule has 0 bridgehead atoms. The molecular weight excluding hydrogens is 662 g/mol. The van der Waals surface area contributed by atoms with Crippen molar-refractivity contribution in [1.82, 2.24) is 10.3 Å². The molecule has 276 valence electrons. The van der Waals surface area contributed by atoms with E-state index >= 15 is 0 Å². The van der Waals surface area contributed by atoms with Crippen LogP contribution in [0.15, 0.2) is 115 Å². The number of carbonyl (C=O) groups excluding carboxylic acids is 1. The molecule has 5 aromatic rings. The van der Waals surface area contributed by atoms with E-state index in [1.807, 2.05) is 0 Å². The van der Waals surface area contributed by atoms with E-state index in [0.29, 0.717) is 37.4 Å². The van der Waals surface area contributed by atoms with Crippen molar-refractivity contribution in [3.8, 4) is 11.5 Å². The van der Waals surface area contributed by atoms with Crippen molar-refractivity contribution in [2.24, 2.45) is 5.73 Å². The topological polar surface area (TPSA) is 86.5 Å². The van der Waals surface area contributed by atoms with Crippen LogP contribution in [0, 0.1) is 5.82 Å². The summed E-state index contributed by atoms with van der Waals surface area (Å²) in [6.45, 7) is 1.08. The van der Waals surface area contributed by atoms with E-state index in [-0.39, 0.29) is 22.6 Å². The highest BCUT2D eigenvalue weighted by atomic mass is 19.1. The van der Waals surface area contributed by atoms with Gasteiger partial charge in [0.2, 0.25) is 5.91 Å². The molecule has 1 aliphatic carbocycles. The molecule has 0 saturated heterocycles. The summed E-state index contributed by atoms with van der Waals surface area (Å²) in [7, 11) is 3.34. The number of rotatable bonds is 17. The molecule has 1 amide bonds. The van der Waals surface area contributed by atoms with E-state index in [1.54, 1.807) is 26.4 Å². The summed E-state index contributed by atoms with van der Waals surface area (Å²) in [5.74, 6) is 1.12. The maximum Gasteiger partial charge on any atom is 0.220 e. The zero-order valence-electron chi connectivity index (χ0n) is 31.1. The first-order chi connectivity index (χ1) is 25.9. The number of carbonyl (C=O) groups is 1. The fourth-order valence-electron chi connectivity index (χ4n) is 8.07. The quantitative estimate of drug-likeness (QED) is 0.0742. The Kier molecular flexibility index (Phi) is 12.6. The molecule has 1 heterocycles. The third kappa shape index (κ3) is 8.80. The van der Waals surface area contributed by atoms with Gasteiger partial charge in [-0.3, -0.25) is 9.78 Å². The zero-order chi connectivity index (χ0) is 37.1. The maximum absolute atomic E-state index is 13.3. The Morgan fingerprint density at radius 2 is 1.53 bits per heavy atom. The second-order valence-corrected chi connectivity index (χ2v) is 14.3. The van der Waals surface area contributed by atoms with Crippen LogP contribution >= 0.6 is 0 Å². The molecule has 6 rings (SSSR count). The molecule has 1 unspecified atom stereocenters. The van der Waals surface area contributed by atoms with E-state index in [2.05, 4.69) is 96.3 Å². The van der Waals surface area contributed by atoms with Crippen LogP contribution in [0.1, 0.15) is 79.4 Å². The minimum atomic E-state index is -0.296. The molecule has 0 radical (unpaired) electrons. The van der Waals surface area contributed by atoms with E-state index in [0.717, 1.165) is 79.1 Å². The Morgan fingerprint density at radius 3 is 2.15 bits per heavy atom. The summed E-state index contributed by atoms with van der Waals surface area (Å²) in [6, 6.07) is 34.2. The van der Waals surface area contributed by atoms with Gasteiger partial charge in [0.15, 0.2) is 11.5 Å². The van der Waals surface area contributed by atoms with E-state index in [1.165, 1.54) is 23.3 Å². The number of aryl methyl sites for hydroxylation is 2. The fraction of sp³-hybridized carbons (Fsp3) is 0.348. The third-order valence-corrected chi connectivity index (χ3v) is 11.0. The van der Waals surface area contributed by atoms with Crippen LogP contribution in [0.25, 0.3) is 10.8 Å². The first-order valence-corrected chi connectivity index (χ1v) is 19.0. The largest absolute Gasteiger partial charge is 0.493 e. The highest BCUT2D eigenvalue weighted by Crippen LogP contribution is 2.43. The summed E-state index contributed by atoms with van der Waals surface area (Å²) >= 11 is 0. The molecule has 1 aromatic heterocycles. The number of allylic oxidation sites excluding steroid dienone is 1. The Bertz CT molecular complexity index is 1940. The molecule has 53 heavy (non-hydrogen) atoms. The number of halogens is 1. The second-order valence-electron chi connectivity index (χ2n) is 14.3. The number of hydrogen-bond acceptors (Lipinski definition) is 5. The molecule has 0 fully saturated rings. The van der Waals surface area contributed by atoms with Crippen molar-refractivity contribution in [3.05, 3.63) is 149 Å². The van der Waals surface area contributed by atoms with Gasteiger partial charge in [-0.25, -0.2) is 4.39 Å². The van der Waals surface area contributed by atoms with Gasteiger partial charge in [-0.05, 0) is 110 Å². The van der Waals surface area contributed by atoms with E-state index < -0.39 is 0 Å². The predicted molar refractivity (Wildman–Crippen MR) is 212 cm³/mol. The first kappa shape index (κ1) is 37.7. The number of fused-ring (bicyclic) bond motifs is 1. The van der Waals surface area contributed by atoms with Crippen LogP contribution in [-0.2, 0) is 28.5 Å². The van der Waals surface area contributed by atoms with Crippen molar-refractivity contribution >= 4 is 16.7 Å². The van der Waals surface area contributed by atoms with Crippen molar-refractivity contribution in [2.45, 2.75) is 75.0 Å². The summed E-state index contributed by atoms with van der Waals surface area (Å²) in [5.41, 5.74) is 11.5. The van der Waals surface area contributed by atoms with Crippen molar-refractivity contribution in [2.75, 3.05) is 27.3 Å². The number of ether oxygens (including phenoxy) is 2. The number of amides is 1. The monoisotopic (exact) mass is 713 g/mol. The lowest BCUT2D eigenvalue weighted by Gasteiger charge is -2.36. The summed E-state index contributed by atoms with van der Waals surface area (Å²) in [4.78, 5) is 18.2. The molecule has 6 nitrogen and oxygen atoms in total. The first-order valence-electron chi connectivity index (χ1n) is 19.0. The lowest BCUT2D eigenvalue weighted by molar-refractivity contribution is -0.121. The standard InChI is InChI=1S/C46H52FN3O3/c1-52-41-30-35-31-43(45(33-48)25-10-5-11-26-45)50-40(39(35)32-42(41)53-2)18-12-27-46(36-14-6-3-7-15-36,37-16-8-4-9-17-37)28-13-29-49-44(51)24-21-34-19-22-38(47)23-20-34/h3-4,6-10,14-17,19-20,22-23,25,30-32H,5,11-13,18,21,24,26-29,33,48H2,1-2H3,(H,49,51). The van der Waals surface area contributed by atoms with Crippen LogP contribution < -0.4 is 20.5 Å². The van der Waals surface area contributed by atoms with Gasteiger partial charge in [-0.2, -0.15) is 0 Å². The van der Waals surface area contributed by atoms with Crippen LogP contribution in [0.2, 0.25) is 0 Å². The molecule has 0 saturated carbocycles. The van der Waals surface area contributed by atoms with Gasteiger partial charge in [0, 0.05) is 41.4 Å². The number of methoxy groups -OCH3 is 2. The molecule has 0 aliphatic heterocycles. The molecule has 3 N–H and O–H groups in total. The van der Waals surface area contributed by atoms with Gasteiger partial charge in [0.25, 0.3) is 0 Å². The Balaban J connectivity index is 1.27. The van der Waals surface area contributed by atoms with Gasteiger partial charge >= 0.3 is 0 Å². The van der Waals surface area contributed by atoms with Gasteiger partial charge in [0.1, 0.15) is 5.82 Å². The van der Waals surface area contributed by atoms with Gasteiger partial charge in [-0.15, -0.1) is 0 Å². The lowest BCUT2D eigenvalue weighted by Crippen LogP contribution is -2.35. The Morgan fingerprint density at radius 1 is 0.868 bits per heavy atom. The predicted octanol–water partition coefficient (Wildman–Crippen LogP) is 9.17. The minimum absolute atomic E-state index is 0.00676. The number of hydrogen-bond donors (Lipinski definition) is 2. The Labute approximate surface area is 313 Å². The van der Waals surface area contributed by atoms with Crippen LogP contribution in [0.3, 0.4) is 0 Å². The van der Waals surface area contributed by atoms with Gasteiger partial charge < -0.3 is 20.5 Å². The Hall–Kier alpha value is -5.01. The highest BCUT2D eigenvalue weighted by Gasteiger charge is 2.34. The van der Waals surface area contributed by atoms with Crippen molar-refractivity contribution in [1.29, 1.82) is 0 Å². The number of nitrogens with one attached hydrogen (secondary N) is 1. The van der Waals surface area contributed by atoms with Crippen LogP contribution in [0.4, 0.5) is 4.39 Å². The van der Waals surface area contributed by atoms with E-state index in [9.17, 15) is 9.18 Å². The van der Waals surface area contributed by atoms with E-state index in [4.69, 9.17) is 20.2 Å². The van der Waals surface area contributed by atoms with Gasteiger partial charge in [0.05, 0.1) is 19.9 Å². The smallest absolute Gasteiger partial charge is 0.220 e. The van der Waals surface area contributed by atoms with Gasteiger partial charge in [-0.1, -0.05) is 84.9 Å². The average molecular weight is 714 g/mol. The number of benzene rings is 4. The molecule has 0 spiro atoms. The minimum Gasteiger partial charge on any atom is -0.493 e. The average Bonchev–Trinajstić information content (AvgIpc) is 3.21. The highest BCUT2D eigenvalue weighted by molar-refractivity contribution is 5.88. The SMILES string of the molecule is COc1cc2cc(C3(CN)C=CCCC3)nc(CCCC(CCCNC(=O)CCc3ccc(F)cc3)(c3ccccc3)c3ccccc3)c2cc1OC. The van der Waals surface area contributed by atoms with Crippen LogP contribution in [-0.4, -0.2) is 38.2 Å². The van der Waals surface area contributed by atoms with Crippen LogP contribution in [0.5, 0.6) is 11.5 Å². The summed E-state index contributed by atoms with van der Waals surface area (Å²) in [5, 5.41) is 5.28. The summed E-state index contributed by atoms with van der Waals surface area (Å²) in [6.07, 6.45) is 12.8. The fourth-order valence-corrected chi connectivity index (χ4v) is 8.07. The number of pyridine rings is 1. The number of nitrogens with two attached hydrogens (primary N) is 1. The third-order valence-electron chi connectivity index (χ3n) is 11.0. The maximum atomic E-state index is 13.3.